The van der Waals surface area contributed by atoms with Crippen LogP contribution < -0.4 is 0 Å². The summed E-state index contributed by atoms with van der Waals surface area (Å²) < 4.78 is 1.96. The predicted molar refractivity (Wildman–Crippen MR) is 106 cm³/mol. The van der Waals surface area contributed by atoms with Crippen molar-refractivity contribution in [1.82, 2.24) is 9.78 Å². The highest BCUT2D eigenvalue weighted by molar-refractivity contribution is 6.30. The molecule has 0 saturated heterocycles. The maximum atomic E-state index is 10.4. The van der Waals surface area contributed by atoms with Gasteiger partial charge in [0.25, 0.3) is 0 Å². The highest BCUT2D eigenvalue weighted by atomic mass is 35.5. The van der Waals surface area contributed by atoms with Crippen LogP contribution >= 0.6 is 11.6 Å². The molecule has 132 valence electrons. The lowest BCUT2D eigenvalue weighted by Crippen LogP contribution is -2.19. The van der Waals surface area contributed by atoms with Gasteiger partial charge in [-0.2, -0.15) is 5.10 Å². The van der Waals surface area contributed by atoms with E-state index in [1.54, 1.807) is 6.07 Å². The summed E-state index contributed by atoms with van der Waals surface area (Å²) in [7, 11) is 0. The van der Waals surface area contributed by atoms with Crippen molar-refractivity contribution in [3.63, 3.8) is 0 Å². The van der Waals surface area contributed by atoms with Crippen LogP contribution in [-0.4, -0.2) is 20.6 Å². The number of para-hydroxylation sites is 1. The third-order valence-electron chi connectivity index (χ3n) is 4.80. The first kappa shape index (κ1) is 16.9. The lowest BCUT2D eigenvalue weighted by atomic mass is 9.98. The smallest absolute Gasteiger partial charge is 0.159 e. The fourth-order valence-corrected chi connectivity index (χ4v) is 3.68. The molecular weight excluding hydrogens is 346 g/mol. The van der Waals surface area contributed by atoms with Gasteiger partial charge in [-0.15, -0.1) is 0 Å². The van der Waals surface area contributed by atoms with Crippen LogP contribution in [0.5, 0.6) is 5.75 Å². The minimum Gasteiger partial charge on any atom is -0.508 e. The first-order valence-electron chi connectivity index (χ1n) is 8.78. The van der Waals surface area contributed by atoms with Gasteiger partial charge in [0, 0.05) is 28.3 Å². The van der Waals surface area contributed by atoms with Gasteiger partial charge in [0.2, 0.25) is 0 Å². The van der Waals surface area contributed by atoms with E-state index in [-0.39, 0.29) is 6.04 Å². The number of hydrogen-bond acceptors (Lipinski definition) is 3. The molecule has 1 atom stereocenters. The predicted octanol–water partition coefficient (Wildman–Crippen LogP) is 5.56. The molecule has 2 heterocycles. The highest BCUT2D eigenvalue weighted by Gasteiger charge is 2.29. The van der Waals surface area contributed by atoms with Crippen molar-refractivity contribution in [1.29, 1.82) is 0 Å². The monoisotopic (exact) mass is 365 g/mol. The van der Waals surface area contributed by atoms with Gasteiger partial charge in [-0.05, 0) is 37.1 Å². The van der Waals surface area contributed by atoms with E-state index < -0.39 is 0 Å². The van der Waals surface area contributed by atoms with E-state index in [1.807, 2.05) is 54.1 Å². The molecule has 5 heteroatoms. The molecule has 3 aromatic rings. The molecule has 0 aliphatic carbocycles. The molecule has 26 heavy (non-hydrogen) atoms. The van der Waals surface area contributed by atoms with E-state index in [1.165, 1.54) is 0 Å². The van der Waals surface area contributed by atoms with Gasteiger partial charge >= 0.3 is 0 Å². The largest absolute Gasteiger partial charge is 0.508 e. The average molecular weight is 366 g/mol. The van der Waals surface area contributed by atoms with Crippen LogP contribution in [0.2, 0.25) is 5.02 Å². The van der Waals surface area contributed by atoms with Crippen molar-refractivity contribution in [2.24, 2.45) is 4.99 Å². The number of aliphatic imine (C=N–C) groups is 1. The van der Waals surface area contributed by atoms with Crippen molar-refractivity contribution in [3.05, 3.63) is 64.8 Å². The Balaban J connectivity index is 1.93. The Labute approximate surface area is 157 Å². The lowest BCUT2D eigenvalue weighted by Gasteiger charge is -2.24. The molecule has 0 bridgehead atoms. The van der Waals surface area contributed by atoms with Crippen LogP contribution in [0.4, 0.5) is 5.82 Å². The molecule has 2 aromatic carbocycles. The molecule has 0 radical (unpaired) electrons. The van der Waals surface area contributed by atoms with Crippen LogP contribution in [0.15, 0.2) is 53.5 Å². The number of phenolic OH excluding ortho intramolecular Hbond substituents is 1. The van der Waals surface area contributed by atoms with Gasteiger partial charge in [-0.1, -0.05) is 48.9 Å². The van der Waals surface area contributed by atoms with Crippen molar-refractivity contribution in [2.45, 2.75) is 32.7 Å². The summed E-state index contributed by atoms with van der Waals surface area (Å²) in [5.41, 5.74) is 5.01. The SMILES string of the molecule is CCc1nn2c(c1-c1ccc(Cl)cc1)N=C(C)C[C@@H]2c1ccccc1O. The van der Waals surface area contributed by atoms with E-state index in [9.17, 15) is 5.11 Å². The number of halogens is 1. The van der Waals surface area contributed by atoms with Crippen LogP contribution in [0, 0.1) is 0 Å². The standard InChI is InChI=1S/C21H20ClN3O/c1-3-17-20(14-8-10-15(22)11-9-14)21-23-13(2)12-18(25(21)24-17)16-6-4-5-7-19(16)26/h4-11,18,26H,3,12H2,1-2H3/t18-/m1/s1. The Bertz CT molecular complexity index is 989. The summed E-state index contributed by atoms with van der Waals surface area (Å²) in [5, 5.41) is 15.9. The Hall–Kier alpha value is -2.59. The lowest BCUT2D eigenvalue weighted by molar-refractivity contribution is 0.443. The number of nitrogens with zero attached hydrogens (tertiary/aromatic N) is 3. The second kappa shape index (κ2) is 6.61. The molecule has 0 saturated carbocycles. The van der Waals surface area contributed by atoms with Crippen molar-refractivity contribution >= 4 is 23.1 Å². The van der Waals surface area contributed by atoms with Crippen LogP contribution in [0.3, 0.4) is 0 Å². The third kappa shape index (κ3) is 2.80. The van der Waals surface area contributed by atoms with E-state index >= 15 is 0 Å². The number of fused-ring (bicyclic) bond motifs is 1. The molecule has 0 unspecified atom stereocenters. The minimum absolute atomic E-state index is 0.0601. The van der Waals surface area contributed by atoms with Crippen molar-refractivity contribution < 1.29 is 5.11 Å². The summed E-state index contributed by atoms with van der Waals surface area (Å²) >= 11 is 6.06. The first-order valence-corrected chi connectivity index (χ1v) is 9.15. The zero-order valence-corrected chi connectivity index (χ0v) is 15.5. The van der Waals surface area contributed by atoms with Gasteiger partial charge in [-0.3, -0.25) is 0 Å². The van der Waals surface area contributed by atoms with Crippen LogP contribution in [0.25, 0.3) is 11.1 Å². The van der Waals surface area contributed by atoms with Crippen molar-refractivity contribution in [2.75, 3.05) is 0 Å². The molecule has 1 aliphatic heterocycles. The van der Waals surface area contributed by atoms with Gasteiger partial charge in [0.05, 0.1) is 11.7 Å². The molecule has 1 aromatic heterocycles. The van der Waals surface area contributed by atoms with E-state index in [4.69, 9.17) is 21.7 Å². The maximum absolute atomic E-state index is 10.4. The number of rotatable bonds is 3. The van der Waals surface area contributed by atoms with Gasteiger partial charge in [0.15, 0.2) is 5.82 Å². The Kier molecular flexibility index (Phi) is 4.29. The van der Waals surface area contributed by atoms with Gasteiger partial charge in [-0.25, -0.2) is 9.67 Å². The fraction of sp³-hybridized carbons (Fsp3) is 0.238. The normalized spacial score (nSPS) is 16.3. The number of aromatic nitrogens is 2. The van der Waals surface area contributed by atoms with E-state index in [0.717, 1.165) is 46.8 Å². The summed E-state index contributed by atoms with van der Waals surface area (Å²) in [6.45, 7) is 4.13. The minimum atomic E-state index is -0.0601. The number of aryl methyl sites for hydroxylation is 1. The summed E-state index contributed by atoms with van der Waals surface area (Å²) in [4.78, 5) is 4.82. The van der Waals surface area contributed by atoms with Crippen LogP contribution in [-0.2, 0) is 6.42 Å². The third-order valence-corrected chi connectivity index (χ3v) is 5.05. The topological polar surface area (TPSA) is 50.4 Å². The molecule has 0 spiro atoms. The number of hydrogen-bond donors (Lipinski definition) is 1. The molecule has 0 amide bonds. The zero-order valence-electron chi connectivity index (χ0n) is 14.8. The molecule has 1 aliphatic rings. The van der Waals surface area contributed by atoms with Crippen molar-refractivity contribution in [3.8, 4) is 16.9 Å². The van der Waals surface area contributed by atoms with Gasteiger partial charge < -0.3 is 5.11 Å². The quantitative estimate of drug-likeness (QED) is 0.660. The highest BCUT2D eigenvalue weighted by Crippen LogP contribution is 2.42. The second-order valence-electron chi connectivity index (χ2n) is 6.58. The molecule has 4 nitrogen and oxygen atoms in total. The fourth-order valence-electron chi connectivity index (χ4n) is 3.56. The summed E-state index contributed by atoms with van der Waals surface area (Å²) in [5.74, 6) is 1.14. The molecule has 4 rings (SSSR count). The number of benzene rings is 2. The van der Waals surface area contributed by atoms with E-state index in [0.29, 0.717) is 10.8 Å². The van der Waals surface area contributed by atoms with Gasteiger partial charge in [0.1, 0.15) is 5.75 Å². The first-order chi connectivity index (χ1) is 12.6. The van der Waals surface area contributed by atoms with Crippen LogP contribution in [0.1, 0.15) is 37.6 Å². The number of aromatic hydroxyl groups is 1. The maximum Gasteiger partial charge on any atom is 0.159 e. The summed E-state index contributed by atoms with van der Waals surface area (Å²) in [6.07, 6.45) is 1.54. The summed E-state index contributed by atoms with van der Waals surface area (Å²) in [6, 6.07) is 15.2. The Morgan fingerprint density at radius 1 is 1.15 bits per heavy atom. The molecular formula is C21H20ClN3O. The zero-order chi connectivity index (χ0) is 18.3. The Morgan fingerprint density at radius 2 is 1.88 bits per heavy atom. The number of phenols is 1. The average Bonchev–Trinajstić information content (AvgIpc) is 3.00. The molecule has 0 fully saturated rings. The Morgan fingerprint density at radius 3 is 2.58 bits per heavy atom. The van der Waals surface area contributed by atoms with E-state index in [2.05, 4.69) is 6.92 Å². The molecule has 1 N–H and O–H groups in total. The second-order valence-corrected chi connectivity index (χ2v) is 7.01.